The number of halogens is 1. The number of nitrogens with zero attached hydrogens (tertiary/aromatic N) is 1. The molecule has 0 saturated heterocycles. The van der Waals surface area contributed by atoms with E-state index in [4.69, 9.17) is 9.26 Å². The fraction of sp³-hybridized carbons (Fsp3) is 0.333. The lowest BCUT2D eigenvalue weighted by Gasteiger charge is -2.17. The molecular weight excluding hydrogens is 275 g/mol. The van der Waals surface area contributed by atoms with E-state index in [1.54, 1.807) is 19.9 Å². The molecule has 1 heterocycles. The van der Waals surface area contributed by atoms with Gasteiger partial charge in [0.1, 0.15) is 17.3 Å². The second-order valence-electron chi connectivity index (χ2n) is 4.79. The largest absolute Gasteiger partial charge is 0.496 e. The monoisotopic (exact) mass is 292 g/mol. The fourth-order valence-electron chi connectivity index (χ4n) is 2.07. The standard InChI is InChI=1S/C15H17FN2O3/c1-9-6-12(21-18-9)8-15(19)17-10(2)13-7-11(16)4-5-14(13)20-3/h4-7,10H,8H2,1-3H3,(H,17,19). The van der Waals surface area contributed by atoms with Crippen molar-refractivity contribution in [2.75, 3.05) is 7.11 Å². The lowest BCUT2D eigenvalue weighted by Crippen LogP contribution is -2.28. The highest BCUT2D eigenvalue weighted by molar-refractivity contribution is 5.78. The summed E-state index contributed by atoms with van der Waals surface area (Å²) >= 11 is 0. The Labute approximate surface area is 122 Å². The minimum atomic E-state index is -0.382. The van der Waals surface area contributed by atoms with E-state index in [0.717, 1.165) is 5.69 Å². The van der Waals surface area contributed by atoms with Crippen LogP contribution >= 0.6 is 0 Å². The van der Waals surface area contributed by atoms with Gasteiger partial charge in [-0.3, -0.25) is 4.79 Å². The normalized spacial score (nSPS) is 12.0. The van der Waals surface area contributed by atoms with Gasteiger partial charge < -0.3 is 14.6 Å². The Morgan fingerprint density at radius 2 is 2.24 bits per heavy atom. The van der Waals surface area contributed by atoms with E-state index in [1.807, 2.05) is 0 Å². The van der Waals surface area contributed by atoms with E-state index in [-0.39, 0.29) is 24.2 Å². The zero-order valence-electron chi connectivity index (χ0n) is 12.1. The van der Waals surface area contributed by atoms with Crippen molar-refractivity contribution < 1.29 is 18.4 Å². The molecule has 0 aliphatic carbocycles. The van der Waals surface area contributed by atoms with E-state index in [2.05, 4.69) is 10.5 Å². The highest BCUT2D eigenvalue weighted by Gasteiger charge is 2.16. The zero-order valence-corrected chi connectivity index (χ0v) is 12.1. The Morgan fingerprint density at radius 3 is 2.86 bits per heavy atom. The van der Waals surface area contributed by atoms with Crippen molar-refractivity contribution in [1.29, 1.82) is 0 Å². The van der Waals surface area contributed by atoms with E-state index in [1.165, 1.54) is 25.3 Å². The number of aromatic nitrogens is 1. The van der Waals surface area contributed by atoms with Crippen molar-refractivity contribution in [2.24, 2.45) is 0 Å². The van der Waals surface area contributed by atoms with Gasteiger partial charge in [-0.25, -0.2) is 4.39 Å². The van der Waals surface area contributed by atoms with Crippen LogP contribution in [0.15, 0.2) is 28.8 Å². The van der Waals surface area contributed by atoms with Gasteiger partial charge >= 0.3 is 0 Å². The summed E-state index contributed by atoms with van der Waals surface area (Å²) in [5.41, 5.74) is 1.30. The Balaban J connectivity index is 2.05. The van der Waals surface area contributed by atoms with Crippen molar-refractivity contribution in [1.82, 2.24) is 10.5 Å². The van der Waals surface area contributed by atoms with Crippen molar-refractivity contribution in [2.45, 2.75) is 26.3 Å². The summed E-state index contributed by atoms with van der Waals surface area (Å²) in [4.78, 5) is 12.0. The van der Waals surface area contributed by atoms with Gasteiger partial charge in [-0.2, -0.15) is 0 Å². The Kier molecular flexibility index (Phi) is 4.57. The van der Waals surface area contributed by atoms with Crippen LogP contribution in [0.3, 0.4) is 0 Å². The summed E-state index contributed by atoms with van der Waals surface area (Å²) in [6, 6.07) is 5.52. The third kappa shape index (κ3) is 3.81. The SMILES string of the molecule is COc1ccc(F)cc1C(C)NC(=O)Cc1cc(C)no1. The first-order valence-corrected chi connectivity index (χ1v) is 6.54. The predicted octanol–water partition coefficient (Wildman–Crippen LogP) is 2.55. The molecule has 0 fully saturated rings. The maximum atomic E-state index is 13.3. The molecule has 2 aromatic rings. The number of carbonyl (C=O) groups is 1. The minimum absolute atomic E-state index is 0.0861. The van der Waals surface area contributed by atoms with Gasteiger partial charge in [0.25, 0.3) is 0 Å². The van der Waals surface area contributed by atoms with Crippen LogP contribution in [0.5, 0.6) is 5.75 Å². The first kappa shape index (κ1) is 15.0. The van der Waals surface area contributed by atoms with Crippen molar-refractivity contribution in [3.8, 4) is 5.75 Å². The number of amides is 1. The summed E-state index contributed by atoms with van der Waals surface area (Å²) in [7, 11) is 1.50. The second kappa shape index (κ2) is 6.39. The third-order valence-corrected chi connectivity index (χ3v) is 3.05. The maximum Gasteiger partial charge on any atom is 0.228 e. The number of aryl methyl sites for hydroxylation is 1. The Hall–Kier alpha value is -2.37. The molecule has 112 valence electrons. The van der Waals surface area contributed by atoms with Gasteiger partial charge in [-0.15, -0.1) is 0 Å². The molecule has 0 aliphatic rings. The molecule has 1 N–H and O–H groups in total. The summed E-state index contributed by atoms with van der Waals surface area (Å²) in [6.45, 7) is 3.55. The summed E-state index contributed by atoms with van der Waals surface area (Å²) < 4.78 is 23.5. The van der Waals surface area contributed by atoms with Crippen LogP contribution < -0.4 is 10.1 Å². The van der Waals surface area contributed by atoms with E-state index in [0.29, 0.717) is 17.1 Å². The molecule has 0 saturated carbocycles. The number of benzene rings is 1. The minimum Gasteiger partial charge on any atom is -0.496 e. The molecule has 5 nitrogen and oxygen atoms in total. The molecule has 2 rings (SSSR count). The number of methoxy groups -OCH3 is 1. The summed E-state index contributed by atoms with van der Waals surface area (Å²) in [6.07, 6.45) is 0.0861. The molecule has 21 heavy (non-hydrogen) atoms. The van der Waals surface area contributed by atoms with E-state index in [9.17, 15) is 9.18 Å². The molecule has 0 aliphatic heterocycles. The van der Waals surface area contributed by atoms with Crippen LogP contribution in [-0.4, -0.2) is 18.2 Å². The summed E-state index contributed by atoms with van der Waals surface area (Å²) in [5, 5.41) is 6.50. The molecule has 0 spiro atoms. The molecule has 6 heteroatoms. The zero-order chi connectivity index (χ0) is 15.4. The van der Waals surface area contributed by atoms with Gasteiger partial charge in [0.15, 0.2) is 0 Å². The average Bonchev–Trinajstić information content (AvgIpc) is 2.83. The quantitative estimate of drug-likeness (QED) is 0.920. The first-order chi connectivity index (χ1) is 9.99. The summed E-state index contributed by atoms with van der Waals surface area (Å²) in [5.74, 6) is 0.408. The molecule has 1 aromatic carbocycles. The van der Waals surface area contributed by atoms with Crippen LogP contribution in [0.25, 0.3) is 0 Å². The molecule has 1 atom stereocenters. The number of hydrogen-bond acceptors (Lipinski definition) is 4. The first-order valence-electron chi connectivity index (χ1n) is 6.54. The van der Waals surface area contributed by atoms with Crippen molar-refractivity contribution >= 4 is 5.91 Å². The van der Waals surface area contributed by atoms with Gasteiger partial charge in [0.2, 0.25) is 5.91 Å². The third-order valence-electron chi connectivity index (χ3n) is 3.05. The smallest absolute Gasteiger partial charge is 0.228 e. The molecule has 0 bridgehead atoms. The number of ether oxygens (including phenoxy) is 1. The van der Waals surface area contributed by atoms with Crippen LogP contribution in [0.1, 0.15) is 30.0 Å². The highest BCUT2D eigenvalue weighted by atomic mass is 19.1. The molecule has 1 unspecified atom stereocenters. The topological polar surface area (TPSA) is 64.4 Å². The van der Waals surface area contributed by atoms with E-state index < -0.39 is 0 Å². The van der Waals surface area contributed by atoms with Crippen LogP contribution in [0.4, 0.5) is 4.39 Å². The predicted molar refractivity (Wildman–Crippen MR) is 74.5 cm³/mol. The van der Waals surface area contributed by atoms with Gasteiger partial charge in [0.05, 0.1) is 25.3 Å². The lowest BCUT2D eigenvalue weighted by atomic mass is 10.1. The average molecular weight is 292 g/mol. The number of carbonyl (C=O) groups excluding carboxylic acids is 1. The Bertz CT molecular complexity index is 640. The molecule has 1 aromatic heterocycles. The van der Waals surface area contributed by atoms with Crippen LogP contribution in [-0.2, 0) is 11.2 Å². The van der Waals surface area contributed by atoms with Gasteiger partial charge in [-0.1, -0.05) is 5.16 Å². The maximum absolute atomic E-state index is 13.3. The van der Waals surface area contributed by atoms with Crippen LogP contribution in [0.2, 0.25) is 0 Å². The number of hydrogen-bond donors (Lipinski definition) is 1. The number of rotatable bonds is 5. The lowest BCUT2D eigenvalue weighted by molar-refractivity contribution is -0.121. The molecule has 0 radical (unpaired) electrons. The number of nitrogens with one attached hydrogen (secondary N) is 1. The van der Waals surface area contributed by atoms with Crippen molar-refractivity contribution in [3.05, 3.63) is 47.1 Å². The van der Waals surface area contributed by atoms with Gasteiger partial charge in [0, 0.05) is 11.6 Å². The Morgan fingerprint density at radius 1 is 1.48 bits per heavy atom. The molecule has 1 amide bonds. The van der Waals surface area contributed by atoms with Crippen molar-refractivity contribution in [3.63, 3.8) is 0 Å². The fourth-order valence-corrected chi connectivity index (χ4v) is 2.07. The molecular formula is C15H17FN2O3. The van der Waals surface area contributed by atoms with Crippen LogP contribution in [0, 0.1) is 12.7 Å². The van der Waals surface area contributed by atoms with Gasteiger partial charge in [-0.05, 0) is 32.0 Å². The highest BCUT2D eigenvalue weighted by Crippen LogP contribution is 2.25. The van der Waals surface area contributed by atoms with E-state index >= 15 is 0 Å². The second-order valence-corrected chi connectivity index (χ2v) is 4.79.